The summed E-state index contributed by atoms with van der Waals surface area (Å²) in [6.45, 7) is 0. The maximum atomic E-state index is 13.6. The number of benzene rings is 2. The molecule has 4 nitrogen and oxygen atoms in total. The van der Waals surface area contributed by atoms with Crippen LogP contribution < -0.4 is 15.8 Å². The van der Waals surface area contributed by atoms with Crippen LogP contribution in [0.5, 0.6) is 5.75 Å². The first-order valence-corrected chi connectivity index (χ1v) is 6.19. The lowest BCUT2D eigenvalue weighted by Gasteiger charge is -2.10. The predicted molar refractivity (Wildman–Crippen MR) is 76.7 cm³/mol. The van der Waals surface area contributed by atoms with E-state index in [9.17, 15) is 13.6 Å². The smallest absolute Gasteiger partial charge is 0.258 e. The number of rotatable bonds is 3. The Bertz CT molecular complexity index is 708. The molecule has 0 heterocycles. The molecule has 2 aromatic carbocycles. The minimum atomic E-state index is -0.925. The standard InChI is InChI=1S/C14H11ClF2N2O2/c1-21-7-2-3-13(12(18)4-7)19-14(20)8-5-11(17)9(15)6-10(8)16/h2-6H,18H2,1H3,(H,19,20). The molecule has 3 N–H and O–H groups in total. The lowest BCUT2D eigenvalue weighted by molar-refractivity contribution is 0.102. The normalized spacial score (nSPS) is 10.3. The molecular weight excluding hydrogens is 302 g/mol. The number of methoxy groups -OCH3 is 1. The second kappa shape index (κ2) is 5.97. The molecule has 0 aliphatic carbocycles. The summed E-state index contributed by atoms with van der Waals surface area (Å²) in [7, 11) is 1.47. The zero-order valence-electron chi connectivity index (χ0n) is 10.9. The Morgan fingerprint density at radius 2 is 1.95 bits per heavy atom. The van der Waals surface area contributed by atoms with Crippen LogP contribution in [0.1, 0.15) is 10.4 Å². The van der Waals surface area contributed by atoms with Gasteiger partial charge >= 0.3 is 0 Å². The quantitative estimate of drug-likeness (QED) is 0.674. The third kappa shape index (κ3) is 3.22. The molecule has 0 fully saturated rings. The highest BCUT2D eigenvalue weighted by atomic mass is 35.5. The molecule has 0 spiro atoms. The molecule has 110 valence electrons. The molecule has 0 saturated heterocycles. The van der Waals surface area contributed by atoms with Gasteiger partial charge in [-0.3, -0.25) is 4.79 Å². The van der Waals surface area contributed by atoms with Crippen molar-refractivity contribution in [3.05, 3.63) is 52.6 Å². The number of nitrogens with one attached hydrogen (secondary N) is 1. The van der Waals surface area contributed by atoms with Crippen molar-refractivity contribution in [1.82, 2.24) is 0 Å². The Balaban J connectivity index is 2.28. The average molecular weight is 313 g/mol. The maximum absolute atomic E-state index is 13.6. The fourth-order valence-corrected chi connectivity index (χ4v) is 1.82. The average Bonchev–Trinajstić information content (AvgIpc) is 2.44. The minimum absolute atomic E-state index is 0.234. The minimum Gasteiger partial charge on any atom is -0.497 e. The third-order valence-corrected chi connectivity index (χ3v) is 3.05. The maximum Gasteiger partial charge on any atom is 0.258 e. The molecule has 0 radical (unpaired) electrons. The molecule has 0 aliphatic rings. The van der Waals surface area contributed by atoms with Gasteiger partial charge in [-0.2, -0.15) is 0 Å². The van der Waals surface area contributed by atoms with Gasteiger partial charge in [-0.05, 0) is 24.3 Å². The van der Waals surface area contributed by atoms with E-state index < -0.39 is 28.1 Å². The van der Waals surface area contributed by atoms with E-state index in [-0.39, 0.29) is 11.4 Å². The second-order valence-electron chi connectivity index (χ2n) is 4.15. The molecule has 0 bridgehead atoms. The Kier molecular flexibility index (Phi) is 4.28. The lowest BCUT2D eigenvalue weighted by atomic mass is 10.1. The largest absolute Gasteiger partial charge is 0.497 e. The van der Waals surface area contributed by atoms with Gasteiger partial charge in [-0.25, -0.2) is 8.78 Å². The van der Waals surface area contributed by atoms with Crippen LogP contribution in [0, 0.1) is 11.6 Å². The van der Waals surface area contributed by atoms with Gasteiger partial charge in [0.1, 0.15) is 17.4 Å². The number of hydrogen-bond acceptors (Lipinski definition) is 3. The number of halogens is 3. The van der Waals surface area contributed by atoms with E-state index in [1.807, 2.05) is 0 Å². The van der Waals surface area contributed by atoms with Crippen molar-refractivity contribution in [3.8, 4) is 5.75 Å². The van der Waals surface area contributed by atoms with Crippen LogP contribution in [0.4, 0.5) is 20.2 Å². The van der Waals surface area contributed by atoms with Crippen LogP contribution in [-0.4, -0.2) is 13.0 Å². The van der Waals surface area contributed by atoms with E-state index in [0.717, 1.165) is 12.1 Å². The van der Waals surface area contributed by atoms with Crippen molar-refractivity contribution in [2.24, 2.45) is 0 Å². The van der Waals surface area contributed by atoms with Gasteiger partial charge in [0, 0.05) is 6.07 Å². The second-order valence-corrected chi connectivity index (χ2v) is 4.56. The van der Waals surface area contributed by atoms with E-state index in [2.05, 4.69) is 5.32 Å². The number of nitrogens with two attached hydrogens (primary N) is 1. The number of hydrogen-bond donors (Lipinski definition) is 2. The SMILES string of the molecule is COc1ccc(NC(=O)c2cc(F)c(Cl)cc2F)c(N)c1. The summed E-state index contributed by atoms with van der Waals surface area (Å²) >= 11 is 5.43. The molecule has 2 rings (SSSR count). The molecule has 2 aromatic rings. The van der Waals surface area contributed by atoms with Crippen LogP contribution in [-0.2, 0) is 0 Å². The van der Waals surface area contributed by atoms with Crippen LogP contribution in [0.2, 0.25) is 5.02 Å². The first kappa shape index (κ1) is 15.1. The summed E-state index contributed by atoms with van der Waals surface area (Å²) in [5.74, 6) is -2.13. The number of nitrogen functional groups attached to an aromatic ring is 1. The Morgan fingerprint density at radius 1 is 1.24 bits per heavy atom. The van der Waals surface area contributed by atoms with E-state index in [0.29, 0.717) is 5.75 Å². The van der Waals surface area contributed by atoms with Gasteiger partial charge in [0.2, 0.25) is 0 Å². The molecule has 0 aromatic heterocycles. The number of carbonyl (C=O) groups excluding carboxylic acids is 1. The third-order valence-electron chi connectivity index (χ3n) is 2.76. The molecule has 0 aliphatic heterocycles. The van der Waals surface area contributed by atoms with Crippen molar-refractivity contribution in [2.75, 3.05) is 18.2 Å². The first-order valence-electron chi connectivity index (χ1n) is 5.81. The molecule has 7 heteroatoms. The Labute approximate surface area is 124 Å². The lowest BCUT2D eigenvalue weighted by Crippen LogP contribution is -2.15. The molecule has 0 unspecified atom stereocenters. The Hall–Kier alpha value is -2.34. The van der Waals surface area contributed by atoms with Crippen molar-refractivity contribution >= 4 is 28.9 Å². The highest BCUT2D eigenvalue weighted by Crippen LogP contribution is 2.25. The topological polar surface area (TPSA) is 64.3 Å². The van der Waals surface area contributed by atoms with Gasteiger partial charge in [-0.1, -0.05) is 11.6 Å². The van der Waals surface area contributed by atoms with Crippen LogP contribution in [0.3, 0.4) is 0 Å². The Morgan fingerprint density at radius 3 is 2.57 bits per heavy atom. The van der Waals surface area contributed by atoms with E-state index >= 15 is 0 Å². The van der Waals surface area contributed by atoms with Gasteiger partial charge in [-0.15, -0.1) is 0 Å². The molecular formula is C14H11ClF2N2O2. The van der Waals surface area contributed by atoms with Crippen LogP contribution in [0.15, 0.2) is 30.3 Å². The number of amides is 1. The summed E-state index contributed by atoms with van der Waals surface area (Å²) < 4.78 is 31.9. The molecule has 0 atom stereocenters. The fourth-order valence-electron chi connectivity index (χ4n) is 1.67. The predicted octanol–water partition coefficient (Wildman–Crippen LogP) is 3.46. The van der Waals surface area contributed by atoms with Crippen LogP contribution in [0.25, 0.3) is 0 Å². The van der Waals surface area contributed by atoms with Crippen molar-refractivity contribution in [1.29, 1.82) is 0 Å². The zero-order chi connectivity index (χ0) is 15.6. The van der Waals surface area contributed by atoms with Gasteiger partial charge in [0.15, 0.2) is 0 Å². The fraction of sp³-hybridized carbons (Fsp3) is 0.0714. The van der Waals surface area contributed by atoms with Gasteiger partial charge in [0.25, 0.3) is 5.91 Å². The highest BCUT2D eigenvalue weighted by Gasteiger charge is 2.16. The van der Waals surface area contributed by atoms with E-state index in [1.54, 1.807) is 6.07 Å². The summed E-state index contributed by atoms with van der Waals surface area (Å²) in [6, 6.07) is 6.03. The van der Waals surface area contributed by atoms with Gasteiger partial charge < -0.3 is 15.8 Å². The highest BCUT2D eigenvalue weighted by molar-refractivity contribution is 6.30. The molecule has 0 saturated carbocycles. The van der Waals surface area contributed by atoms with Crippen LogP contribution >= 0.6 is 11.6 Å². The molecule has 21 heavy (non-hydrogen) atoms. The number of carbonyl (C=O) groups is 1. The van der Waals surface area contributed by atoms with Crippen molar-refractivity contribution in [3.63, 3.8) is 0 Å². The summed E-state index contributed by atoms with van der Waals surface area (Å²) in [4.78, 5) is 12.0. The first-order chi connectivity index (χ1) is 9.92. The summed E-state index contributed by atoms with van der Waals surface area (Å²) in [5, 5.41) is 2.00. The molecule has 1 amide bonds. The van der Waals surface area contributed by atoms with Gasteiger partial charge in [0.05, 0.1) is 29.1 Å². The van der Waals surface area contributed by atoms with E-state index in [4.69, 9.17) is 22.1 Å². The van der Waals surface area contributed by atoms with E-state index in [1.165, 1.54) is 19.2 Å². The summed E-state index contributed by atoms with van der Waals surface area (Å²) in [5.41, 5.74) is 5.76. The number of anilines is 2. The van der Waals surface area contributed by atoms with Crippen molar-refractivity contribution in [2.45, 2.75) is 0 Å². The summed E-state index contributed by atoms with van der Waals surface area (Å²) in [6.07, 6.45) is 0. The zero-order valence-corrected chi connectivity index (χ0v) is 11.7. The number of ether oxygens (including phenoxy) is 1. The van der Waals surface area contributed by atoms with Crippen molar-refractivity contribution < 1.29 is 18.3 Å². The monoisotopic (exact) mass is 312 g/mol.